The summed E-state index contributed by atoms with van der Waals surface area (Å²) in [4.78, 5) is -0.442. The fourth-order valence-corrected chi connectivity index (χ4v) is 4.07. The van der Waals surface area contributed by atoms with Crippen molar-refractivity contribution >= 4 is 42.0 Å². The number of benzene rings is 1. The molecule has 0 atom stereocenters. The first-order valence-electron chi connectivity index (χ1n) is 5.34. The Bertz CT molecular complexity index is 846. The van der Waals surface area contributed by atoms with Gasteiger partial charge in [0.2, 0.25) is 5.13 Å². The number of sulfone groups is 1. The van der Waals surface area contributed by atoms with Crippen molar-refractivity contribution in [2.75, 3.05) is 16.4 Å². The zero-order valence-electron chi connectivity index (χ0n) is 10.6. The number of nitrogens with zero attached hydrogens (tertiary/aromatic N) is 2. The Kier molecular flexibility index (Phi) is 4.13. The fourth-order valence-electron chi connectivity index (χ4n) is 1.46. The third-order valence-corrected chi connectivity index (χ3v) is 5.63. The molecule has 4 N–H and O–H groups in total. The lowest BCUT2D eigenvalue weighted by atomic mass is 10.3. The molecule has 0 fully saturated rings. The van der Waals surface area contributed by atoms with E-state index in [4.69, 9.17) is 5.84 Å². The van der Waals surface area contributed by atoms with E-state index in [1.54, 1.807) is 0 Å². The van der Waals surface area contributed by atoms with Crippen molar-refractivity contribution in [2.45, 2.75) is 9.79 Å². The molecule has 0 radical (unpaired) electrons. The second-order valence-corrected chi connectivity index (χ2v) is 8.42. The third-order valence-electron chi connectivity index (χ3n) is 2.41. The monoisotopic (exact) mass is 349 g/mol. The molecule has 2 aromatic rings. The van der Waals surface area contributed by atoms with E-state index in [-0.39, 0.29) is 20.6 Å². The number of aromatic nitrogens is 2. The van der Waals surface area contributed by atoms with Gasteiger partial charge in [0, 0.05) is 6.26 Å². The van der Waals surface area contributed by atoms with E-state index in [1.165, 1.54) is 17.6 Å². The highest BCUT2D eigenvalue weighted by Crippen LogP contribution is 2.26. The second-order valence-electron chi connectivity index (χ2n) is 3.92. The average molecular weight is 349 g/mol. The van der Waals surface area contributed by atoms with Crippen LogP contribution in [0, 0.1) is 0 Å². The van der Waals surface area contributed by atoms with Crippen LogP contribution in [0.5, 0.6) is 0 Å². The Morgan fingerprint density at radius 1 is 1.24 bits per heavy atom. The quantitative estimate of drug-likeness (QED) is 0.506. The van der Waals surface area contributed by atoms with E-state index in [2.05, 4.69) is 20.3 Å². The molecule has 1 aromatic carbocycles. The Balaban J connectivity index is 2.55. The van der Waals surface area contributed by atoms with Gasteiger partial charge >= 0.3 is 0 Å². The van der Waals surface area contributed by atoms with Gasteiger partial charge in [0.25, 0.3) is 10.0 Å². The van der Waals surface area contributed by atoms with Crippen LogP contribution in [0.3, 0.4) is 0 Å². The van der Waals surface area contributed by atoms with Crippen LogP contribution >= 0.6 is 11.3 Å². The summed E-state index contributed by atoms with van der Waals surface area (Å²) in [6.45, 7) is 0. The van der Waals surface area contributed by atoms with E-state index in [0.29, 0.717) is 0 Å². The zero-order chi connectivity index (χ0) is 15.7. The van der Waals surface area contributed by atoms with E-state index < -0.39 is 19.9 Å². The largest absolute Gasteiger partial charge is 0.323 e. The molecule has 1 heterocycles. The van der Waals surface area contributed by atoms with Crippen LogP contribution in [-0.2, 0) is 19.9 Å². The average Bonchev–Trinajstić information content (AvgIpc) is 2.89. The summed E-state index contributed by atoms with van der Waals surface area (Å²) in [5, 5.41) is 7.12. The normalized spacial score (nSPS) is 12.1. The molecule has 2 rings (SSSR count). The predicted octanol–water partition coefficient (Wildman–Crippen LogP) is 0.0280. The summed E-state index contributed by atoms with van der Waals surface area (Å²) in [5.41, 5.74) is 3.62. The van der Waals surface area contributed by atoms with E-state index in [0.717, 1.165) is 23.7 Å². The van der Waals surface area contributed by atoms with Gasteiger partial charge in [-0.05, 0) is 18.2 Å². The number of nitrogens with one attached hydrogen (secondary N) is 2. The number of nitrogen functional groups attached to an aromatic ring is 1. The minimum Gasteiger partial charge on any atom is -0.323 e. The highest BCUT2D eigenvalue weighted by Gasteiger charge is 2.22. The molecule has 0 amide bonds. The van der Waals surface area contributed by atoms with E-state index in [9.17, 15) is 16.8 Å². The maximum atomic E-state index is 12.3. The number of hydrogen-bond donors (Lipinski definition) is 3. The molecule has 0 saturated carbocycles. The van der Waals surface area contributed by atoms with Gasteiger partial charge in [-0.1, -0.05) is 11.3 Å². The molecule has 0 spiro atoms. The van der Waals surface area contributed by atoms with Crippen molar-refractivity contribution in [1.29, 1.82) is 0 Å². The second kappa shape index (κ2) is 5.55. The van der Waals surface area contributed by atoms with Gasteiger partial charge in [0.15, 0.2) is 9.84 Å². The fraction of sp³-hybridized carbons (Fsp3) is 0.111. The van der Waals surface area contributed by atoms with Gasteiger partial charge in [-0.2, -0.15) is 0 Å². The van der Waals surface area contributed by atoms with Gasteiger partial charge in [-0.15, -0.1) is 10.2 Å². The SMILES string of the molecule is CS(=O)(=O)c1ccc(NN)c(S(=O)(=O)Nc2nncs2)c1. The van der Waals surface area contributed by atoms with Gasteiger partial charge in [-0.25, -0.2) is 16.8 Å². The first kappa shape index (κ1) is 15.6. The highest BCUT2D eigenvalue weighted by molar-refractivity contribution is 7.93. The highest BCUT2D eigenvalue weighted by atomic mass is 32.2. The Morgan fingerprint density at radius 2 is 1.95 bits per heavy atom. The lowest BCUT2D eigenvalue weighted by molar-refractivity contribution is 0.600. The maximum Gasteiger partial charge on any atom is 0.265 e. The molecular weight excluding hydrogens is 338 g/mol. The van der Waals surface area contributed by atoms with E-state index >= 15 is 0 Å². The van der Waals surface area contributed by atoms with Gasteiger partial charge in [0.05, 0.1) is 10.6 Å². The summed E-state index contributed by atoms with van der Waals surface area (Å²) in [6.07, 6.45) is 0.979. The molecule has 9 nitrogen and oxygen atoms in total. The molecule has 0 saturated heterocycles. The molecule has 21 heavy (non-hydrogen) atoms. The Morgan fingerprint density at radius 3 is 2.48 bits per heavy atom. The first-order chi connectivity index (χ1) is 9.74. The van der Waals surface area contributed by atoms with Crippen molar-refractivity contribution in [3.05, 3.63) is 23.7 Å². The maximum absolute atomic E-state index is 12.3. The van der Waals surface area contributed by atoms with Crippen molar-refractivity contribution < 1.29 is 16.8 Å². The molecule has 0 bridgehead atoms. The summed E-state index contributed by atoms with van der Waals surface area (Å²) in [6, 6.07) is 3.55. The summed E-state index contributed by atoms with van der Waals surface area (Å²) in [7, 11) is -7.62. The topological polar surface area (TPSA) is 144 Å². The molecule has 0 unspecified atom stereocenters. The van der Waals surface area contributed by atoms with Crippen molar-refractivity contribution in [1.82, 2.24) is 10.2 Å². The van der Waals surface area contributed by atoms with Crippen LogP contribution in [-0.4, -0.2) is 33.3 Å². The summed E-state index contributed by atoms with van der Waals surface area (Å²) >= 11 is 0.985. The number of hydrogen-bond acceptors (Lipinski definition) is 9. The number of nitrogens with two attached hydrogens (primary N) is 1. The lowest BCUT2D eigenvalue weighted by Crippen LogP contribution is -2.18. The van der Waals surface area contributed by atoms with Crippen LogP contribution in [0.25, 0.3) is 0 Å². The van der Waals surface area contributed by atoms with Crippen LogP contribution in [0.4, 0.5) is 10.8 Å². The standard InChI is InChI=1S/C9H11N5O4S3/c1-20(15,16)6-2-3-7(12-10)8(4-6)21(17,18)14-9-13-11-5-19-9/h2-5,12H,10H2,1H3,(H,13,14). The molecule has 0 aliphatic heterocycles. The van der Waals surface area contributed by atoms with Gasteiger partial charge in [0.1, 0.15) is 10.4 Å². The third kappa shape index (κ3) is 3.47. The smallest absolute Gasteiger partial charge is 0.265 e. The lowest BCUT2D eigenvalue weighted by Gasteiger charge is -2.11. The minimum atomic E-state index is -4.06. The van der Waals surface area contributed by atoms with Gasteiger partial charge < -0.3 is 5.43 Å². The number of rotatable bonds is 5. The minimum absolute atomic E-state index is 0.0550. The van der Waals surface area contributed by atoms with Gasteiger partial charge in [-0.3, -0.25) is 10.6 Å². The Hall–Kier alpha value is -1.76. The van der Waals surface area contributed by atoms with Crippen molar-refractivity contribution in [3.8, 4) is 0 Å². The number of anilines is 2. The molecule has 1 aromatic heterocycles. The molecule has 114 valence electrons. The summed E-state index contributed by atoms with van der Waals surface area (Å²) < 4.78 is 49.9. The van der Waals surface area contributed by atoms with Crippen LogP contribution < -0.4 is 16.0 Å². The molecule has 12 heteroatoms. The zero-order valence-corrected chi connectivity index (χ0v) is 13.1. The number of sulfonamides is 1. The van der Waals surface area contributed by atoms with Crippen LogP contribution in [0.2, 0.25) is 0 Å². The first-order valence-corrected chi connectivity index (χ1v) is 9.59. The van der Waals surface area contributed by atoms with Crippen LogP contribution in [0.1, 0.15) is 0 Å². The van der Waals surface area contributed by atoms with E-state index in [1.807, 2.05) is 0 Å². The van der Waals surface area contributed by atoms with Crippen LogP contribution in [0.15, 0.2) is 33.5 Å². The number of hydrazine groups is 1. The van der Waals surface area contributed by atoms with Crippen molar-refractivity contribution in [2.24, 2.45) is 5.84 Å². The van der Waals surface area contributed by atoms with Crippen molar-refractivity contribution in [3.63, 3.8) is 0 Å². The molecule has 0 aliphatic carbocycles. The Labute approximate surface area is 125 Å². The predicted molar refractivity (Wildman–Crippen MR) is 78.1 cm³/mol. The summed E-state index contributed by atoms with van der Waals surface area (Å²) in [5.74, 6) is 5.26. The molecule has 0 aliphatic rings. The molecular formula is C9H11N5O4S3.